The molecule has 0 aromatic carbocycles. The van der Waals surface area contributed by atoms with Gasteiger partial charge in [-0.05, 0) is 36.7 Å². The van der Waals surface area contributed by atoms with Crippen molar-refractivity contribution in [3.63, 3.8) is 0 Å². The third-order valence-electron chi connectivity index (χ3n) is 2.91. The molecule has 0 saturated carbocycles. The maximum absolute atomic E-state index is 11.3. The van der Waals surface area contributed by atoms with Crippen LogP contribution in [0.5, 0.6) is 0 Å². The lowest BCUT2D eigenvalue weighted by atomic mass is 10.0. The largest absolute Gasteiger partial charge is 0.310 e. The summed E-state index contributed by atoms with van der Waals surface area (Å²) in [6, 6.07) is 0. The van der Waals surface area contributed by atoms with Crippen LogP contribution in [0.3, 0.4) is 0 Å². The molecule has 0 spiro atoms. The zero-order valence-corrected chi connectivity index (χ0v) is 10.5. The number of carbonyl (C=O) groups excluding carboxylic acids is 1. The summed E-state index contributed by atoms with van der Waals surface area (Å²) in [6.07, 6.45) is 7.63. The first-order valence-corrected chi connectivity index (χ1v) is 6.81. The maximum atomic E-state index is 11.3. The fourth-order valence-electron chi connectivity index (χ4n) is 1.94. The van der Waals surface area contributed by atoms with Gasteiger partial charge in [0.05, 0.1) is 5.03 Å². The quantitative estimate of drug-likeness (QED) is 0.800. The maximum Gasteiger partial charge on any atom is 0.225 e. The molecule has 2 rings (SSSR count). The zero-order valence-electron chi connectivity index (χ0n) is 9.67. The molecule has 0 aliphatic carbocycles. The van der Waals surface area contributed by atoms with Crippen LogP contribution < -0.4 is 5.32 Å². The molecule has 0 radical (unpaired) electrons. The molecule has 1 saturated heterocycles. The lowest BCUT2D eigenvalue weighted by molar-refractivity contribution is -0.119. The van der Waals surface area contributed by atoms with Crippen LogP contribution in [0, 0.1) is 0 Å². The van der Waals surface area contributed by atoms with Gasteiger partial charge in [-0.2, -0.15) is 0 Å². The average molecular weight is 236 g/mol. The van der Waals surface area contributed by atoms with Crippen LogP contribution in [0.2, 0.25) is 0 Å². The van der Waals surface area contributed by atoms with Crippen molar-refractivity contribution in [3.05, 3.63) is 22.3 Å². The van der Waals surface area contributed by atoms with Gasteiger partial charge >= 0.3 is 0 Å². The van der Waals surface area contributed by atoms with Crippen LogP contribution in [0.15, 0.2) is 27.2 Å². The Morgan fingerprint density at radius 3 is 3.00 bits per heavy atom. The summed E-state index contributed by atoms with van der Waals surface area (Å²) < 4.78 is 0. The third-order valence-corrected chi connectivity index (χ3v) is 3.68. The number of carbonyl (C=O) groups is 1. The van der Waals surface area contributed by atoms with E-state index in [0.717, 1.165) is 30.1 Å². The van der Waals surface area contributed by atoms with Gasteiger partial charge in [0, 0.05) is 6.42 Å². The Morgan fingerprint density at radius 1 is 1.50 bits per heavy atom. The third kappa shape index (κ3) is 2.21. The van der Waals surface area contributed by atoms with Crippen LogP contribution in [-0.2, 0) is 4.79 Å². The highest BCUT2D eigenvalue weighted by molar-refractivity contribution is 8.02. The van der Waals surface area contributed by atoms with E-state index in [9.17, 15) is 4.79 Å². The lowest BCUT2D eigenvalue weighted by Gasteiger charge is -2.16. The summed E-state index contributed by atoms with van der Waals surface area (Å²) in [5, 5.41) is 3.92. The zero-order chi connectivity index (χ0) is 11.5. The molecule has 0 bridgehead atoms. The standard InChI is InChI=1S/C12H16N2OS/c1-3-8-4-5-9-6-7-10(15)13-11(9)14-12(8)16-2/h5H,3-4,6-7H2,1-2H3,(H,13,14,15). The SMILES string of the molecule is CCC1=C(SC)N=C2NC(=O)CCC2=CC1. The number of aliphatic imine (C=N–C) groups is 1. The highest BCUT2D eigenvalue weighted by Crippen LogP contribution is 2.29. The van der Waals surface area contributed by atoms with E-state index in [0.29, 0.717) is 6.42 Å². The van der Waals surface area contributed by atoms with E-state index >= 15 is 0 Å². The Hall–Kier alpha value is -1.03. The Labute approximate surface area is 100 Å². The number of amides is 1. The molecular weight excluding hydrogens is 220 g/mol. The van der Waals surface area contributed by atoms with Gasteiger partial charge in [0.15, 0.2) is 0 Å². The van der Waals surface area contributed by atoms with Crippen molar-refractivity contribution in [2.24, 2.45) is 4.99 Å². The van der Waals surface area contributed by atoms with Gasteiger partial charge in [-0.3, -0.25) is 4.79 Å². The van der Waals surface area contributed by atoms with Crippen molar-refractivity contribution in [3.8, 4) is 0 Å². The number of allylic oxidation sites excluding steroid dienone is 2. The first-order valence-electron chi connectivity index (χ1n) is 5.58. The molecule has 3 nitrogen and oxygen atoms in total. The van der Waals surface area contributed by atoms with E-state index in [1.165, 1.54) is 11.1 Å². The van der Waals surface area contributed by atoms with Crippen molar-refractivity contribution in [1.82, 2.24) is 5.32 Å². The van der Waals surface area contributed by atoms with Crippen LogP contribution >= 0.6 is 11.8 Å². The number of thioether (sulfide) groups is 1. The molecule has 86 valence electrons. The average Bonchev–Trinajstić information content (AvgIpc) is 2.47. The summed E-state index contributed by atoms with van der Waals surface area (Å²) in [6.45, 7) is 2.15. The van der Waals surface area contributed by atoms with Crippen molar-refractivity contribution >= 4 is 23.5 Å². The molecule has 0 aromatic rings. The van der Waals surface area contributed by atoms with E-state index in [2.05, 4.69) is 23.3 Å². The van der Waals surface area contributed by atoms with Crippen molar-refractivity contribution in [1.29, 1.82) is 0 Å². The summed E-state index contributed by atoms with van der Waals surface area (Å²) in [5.74, 6) is 0.848. The van der Waals surface area contributed by atoms with Crippen molar-refractivity contribution < 1.29 is 4.79 Å². The number of nitrogens with zero attached hydrogens (tertiary/aromatic N) is 1. The predicted molar refractivity (Wildman–Crippen MR) is 68.3 cm³/mol. The Morgan fingerprint density at radius 2 is 2.31 bits per heavy atom. The van der Waals surface area contributed by atoms with Gasteiger partial charge < -0.3 is 5.32 Å². The molecule has 1 N–H and O–H groups in total. The Balaban J connectivity index is 2.36. The highest BCUT2D eigenvalue weighted by Gasteiger charge is 2.21. The van der Waals surface area contributed by atoms with Gasteiger partial charge in [0.25, 0.3) is 0 Å². The summed E-state index contributed by atoms with van der Waals surface area (Å²) in [7, 11) is 0. The van der Waals surface area contributed by atoms with Gasteiger partial charge in [0.2, 0.25) is 5.91 Å². The minimum Gasteiger partial charge on any atom is -0.310 e. The second-order valence-electron chi connectivity index (χ2n) is 3.91. The van der Waals surface area contributed by atoms with Gasteiger partial charge in [0.1, 0.15) is 5.84 Å². The molecule has 1 fully saturated rings. The number of hydrogen-bond donors (Lipinski definition) is 1. The monoisotopic (exact) mass is 236 g/mol. The second-order valence-corrected chi connectivity index (χ2v) is 4.70. The lowest BCUT2D eigenvalue weighted by Crippen LogP contribution is -2.36. The fourth-order valence-corrected chi connectivity index (χ4v) is 2.64. The first kappa shape index (κ1) is 11.5. The number of hydrogen-bond acceptors (Lipinski definition) is 3. The summed E-state index contributed by atoms with van der Waals surface area (Å²) in [5.41, 5.74) is 2.55. The number of rotatable bonds is 2. The predicted octanol–water partition coefficient (Wildman–Crippen LogP) is 2.61. The molecule has 0 atom stereocenters. The van der Waals surface area contributed by atoms with Gasteiger partial charge in [-0.25, -0.2) is 4.99 Å². The van der Waals surface area contributed by atoms with Crippen molar-refractivity contribution in [2.45, 2.75) is 32.6 Å². The van der Waals surface area contributed by atoms with E-state index in [-0.39, 0.29) is 5.91 Å². The van der Waals surface area contributed by atoms with Crippen LogP contribution in [0.1, 0.15) is 32.6 Å². The number of piperidine rings is 1. The molecule has 0 unspecified atom stereocenters. The summed E-state index contributed by atoms with van der Waals surface area (Å²) in [4.78, 5) is 15.9. The second kappa shape index (κ2) is 4.87. The molecule has 2 heterocycles. The Bertz CT molecular complexity index is 407. The highest BCUT2D eigenvalue weighted by atomic mass is 32.2. The molecule has 0 aromatic heterocycles. The molecule has 1 amide bonds. The summed E-state index contributed by atoms with van der Waals surface area (Å²) >= 11 is 1.66. The molecular formula is C12H16N2OS. The van der Waals surface area contributed by atoms with E-state index in [1.807, 2.05) is 6.26 Å². The minimum absolute atomic E-state index is 0.0799. The van der Waals surface area contributed by atoms with Crippen LogP contribution in [0.4, 0.5) is 0 Å². The number of amidine groups is 1. The van der Waals surface area contributed by atoms with Crippen LogP contribution in [0.25, 0.3) is 0 Å². The number of fused-ring (bicyclic) bond motifs is 1. The minimum atomic E-state index is 0.0799. The molecule has 2 aliphatic heterocycles. The fraction of sp³-hybridized carbons (Fsp3) is 0.500. The van der Waals surface area contributed by atoms with E-state index < -0.39 is 0 Å². The first-order chi connectivity index (χ1) is 7.74. The molecule has 4 heteroatoms. The number of nitrogens with one attached hydrogen (secondary N) is 1. The Kier molecular flexibility index (Phi) is 3.49. The molecule has 2 aliphatic rings. The van der Waals surface area contributed by atoms with E-state index in [4.69, 9.17) is 0 Å². The molecule has 16 heavy (non-hydrogen) atoms. The smallest absolute Gasteiger partial charge is 0.225 e. The van der Waals surface area contributed by atoms with E-state index in [1.54, 1.807) is 11.8 Å². The van der Waals surface area contributed by atoms with Crippen molar-refractivity contribution in [2.75, 3.05) is 6.26 Å². The topological polar surface area (TPSA) is 41.5 Å². The van der Waals surface area contributed by atoms with Crippen LogP contribution in [-0.4, -0.2) is 18.0 Å². The van der Waals surface area contributed by atoms with Gasteiger partial charge in [-0.1, -0.05) is 13.0 Å². The van der Waals surface area contributed by atoms with Gasteiger partial charge in [-0.15, -0.1) is 11.8 Å². The normalized spacial score (nSPS) is 20.8.